The van der Waals surface area contributed by atoms with E-state index in [1.165, 1.54) is 27.0 Å². The Kier molecular flexibility index (Phi) is 6.19. The fourth-order valence-electron chi connectivity index (χ4n) is 3.68. The Morgan fingerprint density at radius 3 is 2.52 bits per heavy atom. The molecule has 0 saturated carbocycles. The highest BCUT2D eigenvalue weighted by atomic mass is 35.5. The number of benzene rings is 2. The van der Waals surface area contributed by atoms with Crippen molar-refractivity contribution in [3.63, 3.8) is 0 Å². The average Bonchev–Trinajstić information content (AvgIpc) is 3.55. The quantitative estimate of drug-likeness (QED) is 0.320. The molecule has 1 aliphatic rings. The van der Waals surface area contributed by atoms with Crippen molar-refractivity contribution in [3.05, 3.63) is 62.8 Å². The van der Waals surface area contributed by atoms with E-state index < -0.39 is 10.0 Å². The van der Waals surface area contributed by atoms with Crippen LogP contribution in [0.2, 0.25) is 10.0 Å². The van der Waals surface area contributed by atoms with E-state index in [0.717, 1.165) is 28.5 Å². The van der Waals surface area contributed by atoms with Gasteiger partial charge in [0, 0.05) is 39.1 Å². The largest absolute Gasteiger partial charge is 0.297 e. The van der Waals surface area contributed by atoms with Crippen LogP contribution in [-0.2, 0) is 10.0 Å². The summed E-state index contributed by atoms with van der Waals surface area (Å²) in [5, 5.41) is 6.78. The van der Waals surface area contributed by atoms with Gasteiger partial charge < -0.3 is 0 Å². The summed E-state index contributed by atoms with van der Waals surface area (Å²) in [5.74, 6) is -0.342. The topological polar surface area (TPSA) is 79.4 Å². The number of carbonyl (C=O) groups is 1. The first-order valence-electron chi connectivity index (χ1n) is 10.1. The maximum Gasteiger partial charge on any atom is 0.269 e. The first kappa shape index (κ1) is 22.8. The number of thiophene rings is 1. The van der Waals surface area contributed by atoms with E-state index in [-0.39, 0.29) is 10.8 Å². The van der Waals surface area contributed by atoms with Crippen molar-refractivity contribution < 1.29 is 13.2 Å². The lowest BCUT2D eigenvalue weighted by atomic mass is 10.2. The molecule has 0 radical (unpaired) electrons. The molecule has 1 fully saturated rings. The normalized spacial score (nSPS) is 14.7. The molecule has 1 saturated heterocycles. The predicted octanol–water partition coefficient (Wildman–Crippen LogP) is 6.37. The summed E-state index contributed by atoms with van der Waals surface area (Å²) in [5.41, 5.74) is 1.41. The number of rotatable bonds is 5. The summed E-state index contributed by atoms with van der Waals surface area (Å²) in [7, 11) is -3.46. The molecule has 6 nitrogen and oxygen atoms in total. The zero-order chi connectivity index (χ0) is 23.2. The zero-order valence-electron chi connectivity index (χ0n) is 17.0. The minimum Gasteiger partial charge on any atom is -0.297 e. The molecule has 4 aromatic rings. The highest BCUT2D eigenvalue weighted by Gasteiger charge is 2.27. The third kappa shape index (κ3) is 4.41. The van der Waals surface area contributed by atoms with Gasteiger partial charge in [-0.25, -0.2) is 13.4 Å². The summed E-state index contributed by atoms with van der Waals surface area (Å²) in [6.07, 6.45) is 1.79. The van der Waals surface area contributed by atoms with Gasteiger partial charge in [-0.1, -0.05) is 41.4 Å². The van der Waals surface area contributed by atoms with Gasteiger partial charge in [-0.05, 0) is 37.1 Å². The van der Waals surface area contributed by atoms with E-state index in [9.17, 15) is 13.2 Å². The molecule has 0 bridgehead atoms. The van der Waals surface area contributed by atoms with Crippen LogP contribution in [0.15, 0.2) is 52.7 Å². The van der Waals surface area contributed by atoms with Gasteiger partial charge in [0.2, 0.25) is 10.0 Å². The van der Waals surface area contributed by atoms with Crippen LogP contribution in [0.5, 0.6) is 0 Å². The summed E-state index contributed by atoms with van der Waals surface area (Å²) < 4.78 is 27.8. The Bertz CT molecular complexity index is 1460. The smallest absolute Gasteiger partial charge is 0.269 e. The number of hydrogen-bond acceptors (Lipinski definition) is 6. The van der Waals surface area contributed by atoms with E-state index in [1.54, 1.807) is 42.5 Å². The summed E-state index contributed by atoms with van der Waals surface area (Å²) in [6.45, 7) is 1.13. The molecule has 0 spiro atoms. The number of aromatic nitrogens is 1. The molecule has 3 heterocycles. The highest BCUT2D eigenvalue weighted by molar-refractivity contribution is 7.89. The lowest BCUT2D eigenvalue weighted by Gasteiger charge is -2.15. The number of halogens is 2. The molecule has 170 valence electrons. The van der Waals surface area contributed by atoms with Crippen LogP contribution in [0.1, 0.15) is 22.5 Å². The first-order chi connectivity index (χ1) is 15.8. The molecule has 11 heteroatoms. The molecular weight excluding hydrogens is 521 g/mol. The maximum absolute atomic E-state index is 12.8. The van der Waals surface area contributed by atoms with Crippen LogP contribution in [0.4, 0.5) is 5.13 Å². The lowest BCUT2D eigenvalue weighted by Crippen LogP contribution is -2.27. The fraction of sp³-hybridized carbons (Fsp3) is 0.182. The van der Waals surface area contributed by atoms with Gasteiger partial charge in [0.15, 0.2) is 5.13 Å². The highest BCUT2D eigenvalue weighted by Crippen LogP contribution is 2.37. The number of amides is 1. The molecule has 2 aromatic heterocycles. The minimum atomic E-state index is -3.46. The van der Waals surface area contributed by atoms with Crippen LogP contribution in [-0.4, -0.2) is 36.7 Å². The fourth-order valence-corrected chi connectivity index (χ4v) is 7.60. The number of carbonyl (C=O) groups excluding carboxylic acids is 1. The van der Waals surface area contributed by atoms with Gasteiger partial charge in [0.25, 0.3) is 5.91 Å². The van der Waals surface area contributed by atoms with Gasteiger partial charge in [-0.2, -0.15) is 4.31 Å². The molecule has 0 unspecified atom stereocenters. The average molecular weight is 539 g/mol. The van der Waals surface area contributed by atoms with Crippen molar-refractivity contribution >= 4 is 77.0 Å². The summed E-state index contributed by atoms with van der Waals surface area (Å²) in [6, 6.07) is 12.0. The molecule has 1 amide bonds. The third-order valence-corrected chi connectivity index (χ3v) is 9.94. The number of sulfonamides is 1. The van der Waals surface area contributed by atoms with Gasteiger partial charge in [0.1, 0.15) is 4.88 Å². The Labute approximate surface area is 208 Å². The van der Waals surface area contributed by atoms with Crippen molar-refractivity contribution in [2.45, 2.75) is 17.7 Å². The number of anilines is 1. The Morgan fingerprint density at radius 2 is 1.79 bits per heavy atom. The van der Waals surface area contributed by atoms with Crippen LogP contribution >= 0.6 is 45.9 Å². The second-order valence-corrected chi connectivity index (χ2v) is 12.2. The molecule has 0 atom stereocenters. The standard InChI is InChI=1S/C22H17Cl2N3O3S3/c23-14-5-8-16-18(11-14)32-20(19(16)24)21(28)26-22-25-17(12-31-22)13-3-6-15(7-4-13)33(29,30)27-9-1-2-10-27/h3-8,11-12H,1-2,9-10H2,(H,25,26,28). The van der Waals surface area contributed by atoms with E-state index in [2.05, 4.69) is 10.3 Å². The van der Waals surface area contributed by atoms with E-state index in [4.69, 9.17) is 23.2 Å². The number of nitrogens with zero attached hydrogens (tertiary/aromatic N) is 2. The summed E-state index contributed by atoms with van der Waals surface area (Å²) in [4.78, 5) is 17.9. The number of fused-ring (bicyclic) bond motifs is 1. The summed E-state index contributed by atoms with van der Waals surface area (Å²) >= 11 is 15.0. The van der Waals surface area contributed by atoms with Crippen molar-refractivity contribution in [2.75, 3.05) is 18.4 Å². The van der Waals surface area contributed by atoms with Gasteiger partial charge in [-0.3, -0.25) is 10.1 Å². The predicted molar refractivity (Wildman–Crippen MR) is 135 cm³/mol. The van der Waals surface area contributed by atoms with Crippen LogP contribution in [0.25, 0.3) is 21.3 Å². The van der Waals surface area contributed by atoms with Crippen molar-refractivity contribution in [1.29, 1.82) is 0 Å². The molecule has 5 rings (SSSR count). The van der Waals surface area contributed by atoms with E-state index >= 15 is 0 Å². The molecule has 2 aromatic carbocycles. The van der Waals surface area contributed by atoms with Crippen molar-refractivity contribution in [2.24, 2.45) is 0 Å². The number of hydrogen-bond donors (Lipinski definition) is 1. The second-order valence-electron chi connectivity index (χ2n) is 7.51. The van der Waals surface area contributed by atoms with Crippen LogP contribution < -0.4 is 5.32 Å². The first-order valence-corrected chi connectivity index (χ1v) is 14.0. The van der Waals surface area contributed by atoms with Gasteiger partial charge >= 0.3 is 0 Å². The third-order valence-electron chi connectivity index (χ3n) is 5.38. The monoisotopic (exact) mass is 537 g/mol. The Morgan fingerprint density at radius 1 is 1.06 bits per heavy atom. The Hall–Kier alpha value is -2.01. The number of thiazole rings is 1. The van der Waals surface area contributed by atoms with Crippen molar-refractivity contribution in [1.82, 2.24) is 9.29 Å². The molecule has 33 heavy (non-hydrogen) atoms. The van der Waals surface area contributed by atoms with Crippen LogP contribution in [0, 0.1) is 0 Å². The SMILES string of the molecule is O=C(Nc1nc(-c2ccc(S(=O)(=O)N3CCCC3)cc2)cs1)c1sc2cc(Cl)ccc2c1Cl. The molecule has 1 N–H and O–H groups in total. The van der Waals surface area contributed by atoms with Crippen molar-refractivity contribution in [3.8, 4) is 11.3 Å². The zero-order valence-corrected chi connectivity index (χ0v) is 21.0. The molecule has 0 aliphatic carbocycles. The lowest BCUT2D eigenvalue weighted by molar-refractivity contribution is 0.103. The van der Waals surface area contributed by atoms with E-state index in [0.29, 0.717) is 38.8 Å². The second kappa shape index (κ2) is 8.98. The maximum atomic E-state index is 12.8. The Balaban J connectivity index is 1.33. The molecule has 1 aliphatic heterocycles. The number of nitrogens with one attached hydrogen (secondary N) is 1. The van der Waals surface area contributed by atoms with Crippen LogP contribution in [0.3, 0.4) is 0 Å². The minimum absolute atomic E-state index is 0.274. The van der Waals surface area contributed by atoms with Gasteiger partial charge in [-0.15, -0.1) is 22.7 Å². The van der Waals surface area contributed by atoms with E-state index in [1.807, 2.05) is 5.38 Å². The molecular formula is C22H17Cl2N3O3S3. The van der Waals surface area contributed by atoms with Gasteiger partial charge in [0.05, 0.1) is 15.6 Å².